The van der Waals surface area contributed by atoms with Crippen LogP contribution in [0.4, 0.5) is 0 Å². The predicted molar refractivity (Wildman–Crippen MR) is 91.7 cm³/mol. The van der Waals surface area contributed by atoms with Gasteiger partial charge >= 0.3 is 5.97 Å². The zero-order valence-corrected chi connectivity index (χ0v) is 13.8. The molecule has 0 unspecified atom stereocenters. The van der Waals surface area contributed by atoms with Gasteiger partial charge in [-0.25, -0.2) is 0 Å². The Hall–Kier alpha value is -2.36. The van der Waals surface area contributed by atoms with E-state index in [2.05, 4.69) is 16.0 Å². The van der Waals surface area contributed by atoms with Crippen LogP contribution in [-0.4, -0.2) is 58.6 Å². The number of hydrogen-bond acceptors (Lipinski definition) is 4. The molecule has 6 heteroatoms. The maximum absolute atomic E-state index is 12.0. The van der Waals surface area contributed by atoms with Gasteiger partial charge in [0.05, 0.1) is 6.07 Å². The Bertz CT molecular complexity index is 769. The first-order chi connectivity index (χ1) is 11.6. The molecule has 2 aromatic rings. The first kappa shape index (κ1) is 16.5. The Morgan fingerprint density at radius 1 is 1.38 bits per heavy atom. The summed E-state index contributed by atoms with van der Waals surface area (Å²) in [4.78, 5) is 19.4. The van der Waals surface area contributed by atoms with Gasteiger partial charge in [0.1, 0.15) is 6.04 Å². The van der Waals surface area contributed by atoms with E-state index in [1.54, 1.807) is 0 Å². The smallest absolute Gasteiger partial charge is 0.325 e. The van der Waals surface area contributed by atoms with Crippen molar-refractivity contribution in [3.05, 3.63) is 35.5 Å². The number of H-pyrrole nitrogens is 1. The van der Waals surface area contributed by atoms with Crippen LogP contribution < -0.4 is 0 Å². The summed E-state index contributed by atoms with van der Waals surface area (Å²) in [6, 6.07) is 7.58. The summed E-state index contributed by atoms with van der Waals surface area (Å²) in [7, 11) is 0. The molecular weight excluding hydrogens is 304 g/mol. The average Bonchev–Trinajstić information content (AvgIpc) is 2.97. The summed E-state index contributed by atoms with van der Waals surface area (Å²) in [5, 5.41) is 19.5. The van der Waals surface area contributed by atoms with Gasteiger partial charge in [-0.2, -0.15) is 5.26 Å². The van der Waals surface area contributed by atoms with Gasteiger partial charge in [-0.1, -0.05) is 11.6 Å². The third-order valence-electron chi connectivity index (χ3n) is 4.71. The molecule has 0 bridgehead atoms. The average molecular weight is 326 g/mol. The van der Waals surface area contributed by atoms with Crippen LogP contribution in [0, 0.1) is 18.3 Å². The highest BCUT2D eigenvalue weighted by Gasteiger charge is 2.31. The van der Waals surface area contributed by atoms with Crippen molar-refractivity contribution in [2.75, 3.05) is 32.7 Å². The topological polar surface area (TPSA) is 83.4 Å². The Morgan fingerprint density at radius 3 is 2.79 bits per heavy atom. The second-order valence-corrected chi connectivity index (χ2v) is 6.32. The van der Waals surface area contributed by atoms with Gasteiger partial charge in [0.15, 0.2) is 0 Å². The van der Waals surface area contributed by atoms with Gasteiger partial charge in [0.25, 0.3) is 0 Å². The Morgan fingerprint density at radius 2 is 2.12 bits per heavy atom. The Labute approximate surface area is 141 Å². The van der Waals surface area contributed by atoms with Crippen LogP contribution >= 0.6 is 0 Å². The van der Waals surface area contributed by atoms with Gasteiger partial charge in [-0.15, -0.1) is 0 Å². The number of piperazine rings is 1. The lowest BCUT2D eigenvalue weighted by Crippen LogP contribution is -2.49. The number of fused-ring (bicyclic) bond motifs is 1. The van der Waals surface area contributed by atoms with Crippen molar-refractivity contribution in [2.24, 2.45) is 0 Å². The molecule has 6 nitrogen and oxygen atoms in total. The monoisotopic (exact) mass is 326 g/mol. The number of nitrogens with one attached hydrogen (secondary N) is 1. The molecule has 1 aliphatic rings. The van der Waals surface area contributed by atoms with Crippen LogP contribution in [0.15, 0.2) is 24.4 Å². The second-order valence-electron chi connectivity index (χ2n) is 6.32. The van der Waals surface area contributed by atoms with Crippen LogP contribution in [0.5, 0.6) is 0 Å². The largest absolute Gasteiger partial charge is 0.480 e. The number of hydrogen-bond donors (Lipinski definition) is 2. The maximum Gasteiger partial charge on any atom is 0.325 e. The molecule has 24 heavy (non-hydrogen) atoms. The van der Waals surface area contributed by atoms with Crippen LogP contribution in [-0.2, 0) is 4.79 Å². The van der Waals surface area contributed by atoms with E-state index in [0.717, 1.165) is 41.7 Å². The molecule has 1 fully saturated rings. The fourth-order valence-electron chi connectivity index (χ4n) is 3.42. The van der Waals surface area contributed by atoms with E-state index in [0.29, 0.717) is 19.5 Å². The van der Waals surface area contributed by atoms with Crippen LogP contribution in [0.2, 0.25) is 0 Å². The van der Waals surface area contributed by atoms with Crippen molar-refractivity contribution >= 4 is 16.9 Å². The van der Waals surface area contributed by atoms with E-state index in [9.17, 15) is 9.90 Å². The standard InChI is InChI=1S/C18H22N4O2/c1-13-3-4-16-14(11-13)15(12-20-16)17(18(23)24)22-9-7-21(8-10-22)6-2-5-19/h3-4,11-12,17,20H,2,6-10H2,1H3,(H,23,24)/t17-/m0/s1. The van der Waals surface area contributed by atoms with Gasteiger partial charge in [-0.3, -0.25) is 14.6 Å². The molecule has 0 spiro atoms. The quantitative estimate of drug-likeness (QED) is 0.879. The molecule has 1 aromatic heterocycles. The highest BCUT2D eigenvalue weighted by Crippen LogP contribution is 2.30. The Balaban J connectivity index is 1.82. The second kappa shape index (κ2) is 7.04. The van der Waals surface area contributed by atoms with Crippen molar-refractivity contribution in [2.45, 2.75) is 19.4 Å². The third kappa shape index (κ3) is 3.28. The molecule has 1 aromatic carbocycles. The first-order valence-corrected chi connectivity index (χ1v) is 8.24. The van der Waals surface area contributed by atoms with E-state index in [-0.39, 0.29) is 0 Å². The van der Waals surface area contributed by atoms with Crippen LogP contribution in [0.1, 0.15) is 23.6 Å². The SMILES string of the molecule is Cc1ccc2[nH]cc([C@@H](C(=O)O)N3CCN(CCC#N)CC3)c2c1. The zero-order chi connectivity index (χ0) is 17.1. The number of carboxylic acid groups (broad SMARTS) is 1. The van der Waals surface area contributed by atoms with E-state index >= 15 is 0 Å². The summed E-state index contributed by atoms with van der Waals surface area (Å²) in [6.07, 6.45) is 2.34. The molecule has 0 radical (unpaired) electrons. The van der Waals surface area contributed by atoms with E-state index in [1.807, 2.05) is 36.2 Å². The van der Waals surface area contributed by atoms with Crippen molar-refractivity contribution in [1.82, 2.24) is 14.8 Å². The molecule has 1 aliphatic heterocycles. The van der Waals surface area contributed by atoms with E-state index < -0.39 is 12.0 Å². The van der Waals surface area contributed by atoms with Crippen molar-refractivity contribution in [1.29, 1.82) is 5.26 Å². The number of nitrogens with zero attached hydrogens (tertiary/aromatic N) is 3. The third-order valence-corrected chi connectivity index (χ3v) is 4.71. The van der Waals surface area contributed by atoms with E-state index in [1.165, 1.54) is 0 Å². The molecule has 0 aliphatic carbocycles. The molecule has 1 atom stereocenters. The molecule has 1 saturated heterocycles. The van der Waals surface area contributed by atoms with Crippen molar-refractivity contribution < 1.29 is 9.90 Å². The first-order valence-electron chi connectivity index (χ1n) is 8.24. The number of nitriles is 1. The zero-order valence-electron chi connectivity index (χ0n) is 13.8. The van der Waals surface area contributed by atoms with Crippen molar-refractivity contribution in [3.63, 3.8) is 0 Å². The highest BCUT2D eigenvalue weighted by molar-refractivity contribution is 5.89. The highest BCUT2D eigenvalue weighted by atomic mass is 16.4. The molecule has 126 valence electrons. The normalized spacial score (nSPS) is 17.7. The minimum absolute atomic E-state index is 0.518. The summed E-state index contributed by atoms with van der Waals surface area (Å²) in [5.74, 6) is -0.817. The number of carbonyl (C=O) groups is 1. The summed E-state index contributed by atoms with van der Waals surface area (Å²) < 4.78 is 0. The van der Waals surface area contributed by atoms with Gasteiger partial charge in [-0.05, 0) is 19.1 Å². The minimum Gasteiger partial charge on any atom is -0.480 e. The number of rotatable bonds is 5. The fraction of sp³-hybridized carbons (Fsp3) is 0.444. The molecule has 3 rings (SSSR count). The summed E-state index contributed by atoms with van der Waals surface area (Å²) in [6.45, 7) is 5.76. The van der Waals surface area contributed by atoms with Crippen molar-refractivity contribution in [3.8, 4) is 6.07 Å². The van der Waals surface area contributed by atoms with Gasteiger partial charge < -0.3 is 10.1 Å². The molecule has 0 saturated carbocycles. The fourth-order valence-corrected chi connectivity index (χ4v) is 3.42. The number of aliphatic carboxylic acids is 1. The molecular formula is C18H22N4O2. The van der Waals surface area contributed by atoms with Crippen LogP contribution in [0.3, 0.4) is 0 Å². The molecule has 2 heterocycles. The minimum atomic E-state index is -0.817. The van der Waals surface area contributed by atoms with Crippen LogP contribution in [0.25, 0.3) is 10.9 Å². The van der Waals surface area contributed by atoms with Gasteiger partial charge in [0, 0.05) is 61.8 Å². The predicted octanol–water partition coefficient (Wildman–Crippen LogP) is 2.13. The number of aromatic amines is 1. The lowest BCUT2D eigenvalue weighted by atomic mass is 10.0. The number of aromatic nitrogens is 1. The maximum atomic E-state index is 12.0. The van der Waals surface area contributed by atoms with Gasteiger partial charge in [0.2, 0.25) is 0 Å². The van der Waals surface area contributed by atoms with E-state index in [4.69, 9.17) is 5.26 Å². The number of aryl methyl sites for hydroxylation is 1. The number of benzene rings is 1. The number of carboxylic acids is 1. The molecule has 0 amide bonds. The lowest BCUT2D eigenvalue weighted by Gasteiger charge is -2.37. The Kier molecular flexibility index (Phi) is 4.84. The molecule has 2 N–H and O–H groups in total. The summed E-state index contributed by atoms with van der Waals surface area (Å²) in [5.41, 5.74) is 2.91. The lowest BCUT2D eigenvalue weighted by molar-refractivity contribution is -0.144. The summed E-state index contributed by atoms with van der Waals surface area (Å²) >= 11 is 0.